The molecule has 0 aromatic carbocycles. The van der Waals surface area contributed by atoms with Crippen molar-refractivity contribution in [2.45, 2.75) is 32.7 Å². The summed E-state index contributed by atoms with van der Waals surface area (Å²) in [5, 5.41) is 9.85. The predicted molar refractivity (Wildman–Crippen MR) is 112 cm³/mol. The molecule has 0 bridgehead atoms. The van der Waals surface area contributed by atoms with Gasteiger partial charge in [0.05, 0.1) is 23.8 Å². The minimum Gasteiger partial charge on any atom is -0.353 e. The number of fused-ring (bicyclic) bond motifs is 1. The molecule has 1 fully saturated rings. The number of rotatable bonds is 4. The maximum absolute atomic E-state index is 12.2. The Morgan fingerprint density at radius 2 is 1.79 bits per heavy atom. The van der Waals surface area contributed by atoms with Crippen molar-refractivity contribution >= 4 is 16.9 Å². The van der Waals surface area contributed by atoms with Gasteiger partial charge >= 0.3 is 0 Å². The van der Waals surface area contributed by atoms with Crippen LogP contribution in [0.25, 0.3) is 11.0 Å². The fourth-order valence-corrected chi connectivity index (χ4v) is 3.63. The molecule has 9 nitrogen and oxygen atoms in total. The summed E-state index contributed by atoms with van der Waals surface area (Å²) in [5.74, 6) is 0.943. The lowest BCUT2D eigenvalue weighted by atomic mass is 9.92. The van der Waals surface area contributed by atoms with E-state index in [4.69, 9.17) is 0 Å². The zero-order chi connectivity index (χ0) is 20.6. The average Bonchev–Trinajstić information content (AvgIpc) is 3.08. The van der Waals surface area contributed by atoms with Gasteiger partial charge in [0.25, 0.3) is 5.56 Å². The van der Waals surface area contributed by atoms with Crippen molar-refractivity contribution in [1.82, 2.24) is 34.4 Å². The average molecular weight is 396 g/mol. The first-order valence-corrected chi connectivity index (χ1v) is 10.0. The first kappa shape index (κ1) is 19.5. The Balaban J connectivity index is 1.39. The molecule has 0 spiro atoms. The van der Waals surface area contributed by atoms with E-state index in [0.717, 1.165) is 55.3 Å². The lowest BCUT2D eigenvalue weighted by molar-refractivity contribution is 0.241. The SMILES string of the molecule is Cn1ncc2c(N3CCN(CCn4nc(C(C)(C)C)ccc4=O)CC3)ncnc21. The number of anilines is 1. The summed E-state index contributed by atoms with van der Waals surface area (Å²) < 4.78 is 3.36. The van der Waals surface area contributed by atoms with Crippen LogP contribution >= 0.6 is 0 Å². The number of nitrogens with zero attached hydrogens (tertiary/aromatic N) is 8. The molecule has 0 radical (unpaired) electrons. The molecule has 3 aromatic heterocycles. The van der Waals surface area contributed by atoms with Gasteiger partial charge in [-0.1, -0.05) is 20.8 Å². The Bertz CT molecular complexity index is 1060. The quantitative estimate of drug-likeness (QED) is 0.651. The lowest BCUT2D eigenvalue weighted by Gasteiger charge is -2.35. The van der Waals surface area contributed by atoms with Gasteiger partial charge in [0.15, 0.2) is 5.65 Å². The zero-order valence-electron chi connectivity index (χ0n) is 17.5. The van der Waals surface area contributed by atoms with E-state index < -0.39 is 0 Å². The normalized spacial score (nSPS) is 15.9. The number of aromatic nitrogens is 6. The van der Waals surface area contributed by atoms with Crippen LogP contribution < -0.4 is 10.5 Å². The van der Waals surface area contributed by atoms with Gasteiger partial charge in [-0.25, -0.2) is 14.6 Å². The van der Waals surface area contributed by atoms with Crippen LogP contribution in [-0.4, -0.2) is 67.2 Å². The highest BCUT2D eigenvalue weighted by molar-refractivity contribution is 5.86. The highest BCUT2D eigenvalue weighted by Gasteiger charge is 2.21. The second kappa shape index (κ2) is 7.55. The van der Waals surface area contributed by atoms with E-state index in [1.807, 2.05) is 19.3 Å². The fourth-order valence-electron chi connectivity index (χ4n) is 3.63. The fraction of sp³-hybridized carbons (Fsp3) is 0.550. The smallest absolute Gasteiger partial charge is 0.266 e. The minimum absolute atomic E-state index is 0.0448. The second-order valence-corrected chi connectivity index (χ2v) is 8.56. The van der Waals surface area contributed by atoms with Crippen molar-refractivity contribution in [2.75, 3.05) is 37.6 Å². The summed E-state index contributed by atoms with van der Waals surface area (Å²) in [7, 11) is 1.89. The van der Waals surface area contributed by atoms with Crippen molar-refractivity contribution < 1.29 is 0 Å². The molecule has 0 aliphatic carbocycles. The lowest BCUT2D eigenvalue weighted by Crippen LogP contribution is -2.48. The van der Waals surface area contributed by atoms with E-state index in [9.17, 15) is 4.79 Å². The van der Waals surface area contributed by atoms with Crippen LogP contribution in [0.15, 0.2) is 29.5 Å². The minimum atomic E-state index is -0.0732. The van der Waals surface area contributed by atoms with Gasteiger partial charge < -0.3 is 4.90 Å². The van der Waals surface area contributed by atoms with Crippen LogP contribution in [0.2, 0.25) is 0 Å². The molecule has 0 amide bonds. The topological polar surface area (TPSA) is 85.0 Å². The molecule has 1 aliphatic rings. The van der Waals surface area contributed by atoms with Crippen molar-refractivity contribution in [2.24, 2.45) is 7.05 Å². The van der Waals surface area contributed by atoms with Crippen molar-refractivity contribution in [1.29, 1.82) is 0 Å². The molecule has 154 valence electrons. The first-order chi connectivity index (χ1) is 13.8. The van der Waals surface area contributed by atoms with Gasteiger partial charge in [0.2, 0.25) is 0 Å². The summed E-state index contributed by atoms with van der Waals surface area (Å²) >= 11 is 0. The largest absolute Gasteiger partial charge is 0.353 e. The molecule has 0 saturated carbocycles. The Morgan fingerprint density at radius 1 is 1.03 bits per heavy atom. The molecule has 1 aliphatic heterocycles. The molecule has 3 aromatic rings. The highest BCUT2D eigenvalue weighted by atomic mass is 16.1. The van der Waals surface area contributed by atoms with Crippen LogP contribution in [0.5, 0.6) is 0 Å². The Morgan fingerprint density at radius 3 is 2.52 bits per heavy atom. The predicted octanol–water partition coefficient (Wildman–Crippen LogP) is 1.04. The molecule has 29 heavy (non-hydrogen) atoms. The highest BCUT2D eigenvalue weighted by Crippen LogP contribution is 2.23. The van der Waals surface area contributed by atoms with Gasteiger partial charge in [-0.2, -0.15) is 10.2 Å². The summed E-state index contributed by atoms with van der Waals surface area (Å²) in [5.41, 5.74) is 1.67. The van der Waals surface area contributed by atoms with Gasteiger partial charge in [-0.05, 0) is 6.07 Å². The van der Waals surface area contributed by atoms with E-state index in [-0.39, 0.29) is 11.0 Å². The van der Waals surface area contributed by atoms with E-state index in [2.05, 4.69) is 50.7 Å². The van der Waals surface area contributed by atoms with Gasteiger partial charge in [0.1, 0.15) is 12.1 Å². The maximum Gasteiger partial charge on any atom is 0.266 e. The van der Waals surface area contributed by atoms with Crippen LogP contribution in [0.3, 0.4) is 0 Å². The van der Waals surface area contributed by atoms with Crippen molar-refractivity contribution in [3.8, 4) is 0 Å². The third kappa shape index (κ3) is 4.00. The van der Waals surface area contributed by atoms with Gasteiger partial charge in [-0.15, -0.1) is 0 Å². The van der Waals surface area contributed by atoms with Crippen molar-refractivity contribution in [3.63, 3.8) is 0 Å². The first-order valence-electron chi connectivity index (χ1n) is 10.0. The molecule has 1 saturated heterocycles. The van der Waals surface area contributed by atoms with Crippen LogP contribution in [0, 0.1) is 0 Å². The Kier molecular flexibility index (Phi) is 5.08. The van der Waals surface area contributed by atoms with E-state index in [1.54, 1.807) is 21.8 Å². The number of hydrogen-bond acceptors (Lipinski definition) is 7. The standard InChI is InChI=1S/C20H28N8O/c1-20(2,3)16-5-6-17(29)28(24-16)12-9-26-7-10-27(11-8-26)19-15-13-23-25(4)18(15)21-14-22-19/h5-6,13-14H,7-12H2,1-4H3. The third-order valence-corrected chi connectivity index (χ3v) is 5.44. The van der Waals surface area contributed by atoms with E-state index in [0.29, 0.717) is 6.54 Å². The zero-order valence-corrected chi connectivity index (χ0v) is 17.5. The Hall–Kier alpha value is -2.81. The van der Waals surface area contributed by atoms with Crippen LogP contribution in [0.1, 0.15) is 26.5 Å². The van der Waals surface area contributed by atoms with Gasteiger partial charge in [-0.3, -0.25) is 14.4 Å². The summed E-state index contributed by atoms with van der Waals surface area (Å²) in [4.78, 5) is 25.7. The van der Waals surface area contributed by atoms with E-state index in [1.165, 1.54) is 0 Å². The number of piperazine rings is 1. The molecule has 0 atom stereocenters. The molecule has 9 heteroatoms. The number of aryl methyl sites for hydroxylation is 1. The van der Waals surface area contributed by atoms with Crippen molar-refractivity contribution in [3.05, 3.63) is 40.7 Å². The molecule has 4 heterocycles. The summed E-state index contributed by atoms with van der Waals surface area (Å²) in [6.45, 7) is 11.3. The maximum atomic E-state index is 12.2. The van der Waals surface area contributed by atoms with Gasteiger partial charge in [0, 0.05) is 51.3 Å². The molecule has 0 N–H and O–H groups in total. The monoisotopic (exact) mass is 396 g/mol. The number of hydrogen-bond donors (Lipinski definition) is 0. The molecular formula is C20H28N8O. The molecule has 4 rings (SSSR count). The van der Waals surface area contributed by atoms with Crippen LogP contribution in [-0.2, 0) is 19.0 Å². The molecule has 0 unspecified atom stereocenters. The van der Waals surface area contributed by atoms with E-state index >= 15 is 0 Å². The summed E-state index contributed by atoms with van der Waals surface area (Å²) in [6.07, 6.45) is 3.43. The third-order valence-electron chi connectivity index (χ3n) is 5.44. The summed E-state index contributed by atoms with van der Waals surface area (Å²) in [6, 6.07) is 3.46. The Labute approximate surface area is 170 Å². The second-order valence-electron chi connectivity index (χ2n) is 8.56. The molecular weight excluding hydrogens is 368 g/mol. The van der Waals surface area contributed by atoms with Crippen LogP contribution in [0.4, 0.5) is 5.82 Å².